The van der Waals surface area contributed by atoms with Gasteiger partial charge in [-0.2, -0.15) is 0 Å². The van der Waals surface area contributed by atoms with Crippen LogP contribution in [0.4, 0.5) is 0 Å². The predicted molar refractivity (Wildman–Crippen MR) is 138 cm³/mol. The third-order valence-corrected chi connectivity index (χ3v) is 12.6. The van der Waals surface area contributed by atoms with Gasteiger partial charge in [0.15, 0.2) is 5.78 Å². The van der Waals surface area contributed by atoms with E-state index in [2.05, 4.69) is 34.6 Å². The molecule has 0 bridgehead atoms. The van der Waals surface area contributed by atoms with Crippen LogP contribution in [0.5, 0.6) is 0 Å². The topological polar surface area (TPSA) is 69.7 Å². The van der Waals surface area contributed by atoms with Gasteiger partial charge in [0, 0.05) is 18.3 Å². The first-order valence-corrected chi connectivity index (χ1v) is 14.1. The molecule has 5 aliphatic rings. The number of cyclic esters (lactones) is 1. The van der Waals surface area contributed by atoms with Gasteiger partial charge in [-0.25, -0.2) is 0 Å². The van der Waals surface area contributed by atoms with Crippen LogP contribution < -0.4 is 0 Å². The van der Waals surface area contributed by atoms with Crippen molar-refractivity contribution >= 4 is 17.7 Å². The number of fused-ring (bicyclic) bond motifs is 7. The molecule has 200 valence electrons. The summed E-state index contributed by atoms with van der Waals surface area (Å²) in [5, 5.41) is 0. The Balaban J connectivity index is 1.62. The van der Waals surface area contributed by atoms with Crippen LogP contribution in [0.15, 0.2) is 11.6 Å². The molecule has 0 aromatic carbocycles. The first-order valence-electron chi connectivity index (χ1n) is 14.1. The molecule has 5 rings (SSSR count). The summed E-state index contributed by atoms with van der Waals surface area (Å²) in [5.74, 6) is 0.200. The first kappa shape index (κ1) is 26.0. The van der Waals surface area contributed by atoms with Gasteiger partial charge in [-0.05, 0) is 106 Å². The number of ketones is 1. The summed E-state index contributed by atoms with van der Waals surface area (Å²) in [6, 6.07) is 0. The van der Waals surface area contributed by atoms with Crippen LogP contribution in [0.3, 0.4) is 0 Å². The number of ether oxygens (including phenoxy) is 2. The SMILES string of the molecule is COC(=O)[C@@]1(C)CC[C@]2(C)CC[C@]3(C)C(=CC(=O)[C@@H]4[C@@]5(C)CCC(=O)OC(C)(C)[C@@H]5CC[C@]43C)[C@@H]2C1. The Morgan fingerprint density at radius 1 is 0.944 bits per heavy atom. The summed E-state index contributed by atoms with van der Waals surface area (Å²) in [4.78, 5) is 39.7. The van der Waals surface area contributed by atoms with E-state index in [1.807, 2.05) is 19.9 Å². The third kappa shape index (κ3) is 3.22. The van der Waals surface area contributed by atoms with Crippen molar-refractivity contribution in [3.05, 3.63) is 11.6 Å². The average molecular weight is 499 g/mol. The molecule has 36 heavy (non-hydrogen) atoms. The highest BCUT2D eigenvalue weighted by Crippen LogP contribution is 2.74. The van der Waals surface area contributed by atoms with E-state index in [0.717, 1.165) is 44.9 Å². The Morgan fingerprint density at radius 3 is 2.28 bits per heavy atom. The number of methoxy groups -OCH3 is 1. The number of hydrogen-bond donors (Lipinski definition) is 0. The summed E-state index contributed by atoms with van der Waals surface area (Å²) in [6.07, 6.45) is 9.78. The van der Waals surface area contributed by atoms with Gasteiger partial charge < -0.3 is 9.47 Å². The number of rotatable bonds is 1. The molecule has 0 unspecified atom stereocenters. The Bertz CT molecular complexity index is 1040. The van der Waals surface area contributed by atoms with Gasteiger partial charge in [-0.15, -0.1) is 0 Å². The van der Waals surface area contributed by atoms with Crippen molar-refractivity contribution in [2.75, 3.05) is 7.11 Å². The van der Waals surface area contributed by atoms with E-state index in [4.69, 9.17) is 9.47 Å². The van der Waals surface area contributed by atoms with E-state index < -0.39 is 11.0 Å². The Labute approximate surface area is 217 Å². The lowest BCUT2D eigenvalue weighted by atomic mass is 9.35. The van der Waals surface area contributed by atoms with Crippen LogP contribution >= 0.6 is 0 Å². The maximum atomic E-state index is 14.3. The average Bonchev–Trinajstić information content (AvgIpc) is 2.88. The molecule has 5 heteroatoms. The van der Waals surface area contributed by atoms with Gasteiger partial charge in [0.1, 0.15) is 5.60 Å². The highest BCUT2D eigenvalue weighted by atomic mass is 16.6. The molecule has 1 heterocycles. The molecule has 5 nitrogen and oxygen atoms in total. The molecule has 0 aromatic heterocycles. The highest BCUT2D eigenvalue weighted by molar-refractivity contribution is 5.96. The second-order valence-electron chi connectivity index (χ2n) is 14.8. The fraction of sp³-hybridized carbons (Fsp3) is 0.839. The highest BCUT2D eigenvalue weighted by Gasteiger charge is 2.69. The predicted octanol–water partition coefficient (Wildman–Crippen LogP) is 6.44. The lowest BCUT2D eigenvalue weighted by Crippen LogP contribution is -2.65. The number of esters is 2. The maximum absolute atomic E-state index is 14.3. The lowest BCUT2D eigenvalue weighted by Gasteiger charge is -2.68. The molecule has 0 N–H and O–H groups in total. The molecule has 8 atom stereocenters. The van der Waals surface area contributed by atoms with Gasteiger partial charge >= 0.3 is 11.9 Å². The molecule has 1 aliphatic heterocycles. The van der Waals surface area contributed by atoms with Crippen LogP contribution in [0.1, 0.15) is 106 Å². The van der Waals surface area contributed by atoms with Gasteiger partial charge in [0.05, 0.1) is 12.5 Å². The van der Waals surface area contributed by atoms with Crippen LogP contribution in [-0.2, 0) is 23.9 Å². The van der Waals surface area contributed by atoms with Crippen LogP contribution in [0.2, 0.25) is 0 Å². The standard InChI is InChI=1S/C31H46O5/c1-26(2)22-9-12-31(7)24(29(22,5)11-10-23(33)36-26)21(32)17-19-20-18-28(4,25(34)35-8)14-13-27(20,3)15-16-30(19,31)6/h17,20,22,24H,9-16,18H2,1-8H3/t20-,22-,24+,27+,28-,29-,30+,31+/m0/s1. The summed E-state index contributed by atoms with van der Waals surface area (Å²) < 4.78 is 11.2. The van der Waals surface area contributed by atoms with Crippen molar-refractivity contribution in [1.29, 1.82) is 0 Å². The molecule has 4 aliphatic carbocycles. The van der Waals surface area contributed by atoms with Crippen molar-refractivity contribution in [3.63, 3.8) is 0 Å². The van der Waals surface area contributed by atoms with Gasteiger partial charge in [-0.1, -0.05) is 33.3 Å². The molecular formula is C31H46O5. The largest absolute Gasteiger partial charge is 0.469 e. The van der Waals surface area contributed by atoms with Crippen molar-refractivity contribution in [1.82, 2.24) is 0 Å². The fourth-order valence-electron chi connectivity index (χ4n) is 10.3. The quantitative estimate of drug-likeness (QED) is 0.389. The van der Waals surface area contributed by atoms with Gasteiger partial charge in [0.25, 0.3) is 0 Å². The number of carbonyl (C=O) groups excluding carboxylic acids is 3. The lowest BCUT2D eigenvalue weighted by molar-refractivity contribution is -0.188. The second-order valence-corrected chi connectivity index (χ2v) is 14.8. The zero-order chi connectivity index (χ0) is 26.5. The van der Waals surface area contributed by atoms with E-state index in [1.165, 1.54) is 12.7 Å². The van der Waals surface area contributed by atoms with Crippen molar-refractivity contribution < 1.29 is 23.9 Å². The Morgan fingerprint density at radius 2 is 1.61 bits per heavy atom. The van der Waals surface area contributed by atoms with E-state index in [9.17, 15) is 14.4 Å². The zero-order valence-corrected chi connectivity index (χ0v) is 23.7. The fourth-order valence-corrected chi connectivity index (χ4v) is 10.3. The zero-order valence-electron chi connectivity index (χ0n) is 23.7. The van der Waals surface area contributed by atoms with Crippen molar-refractivity contribution in [2.24, 2.45) is 44.8 Å². The Hall–Kier alpha value is -1.65. The summed E-state index contributed by atoms with van der Waals surface area (Å²) in [7, 11) is 1.49. The van der Waals surface area contributed by atoms with E-state index in [-0.39, 0.29) is 57.1 Å². The van der Waals surface area contributed by atoms with Crippen LogP contribution in [0.25, 0.3) is 0 Å². The second kappa shape index (κ2) is 7.69. The minimum atomic E-state index is -0.578. The smallest absolute Gasteiger partial charge is 0.311 e. The maximum Gasteiger partial charge on any atom is 0.311 e. The molecule has 3 saturated carbocycles. The molecular weight excluding hydrogens is 452 g/mol. The molecule has 4 fully saturated rings. The molecule has 0 radical (unpaired) electrons. The van der Waals surface area contributed by atoms with E-state index in [0.29, 0.717) is 12.8 Å². The third-order valence-electron chi connectivity index (χ3n) is 12.6. The summed E-state index contributed by atoms with van der Waals surface area (Å²) in [5.41, 5.74) is -0.288. The molecule has 0 aromatic rings. The molecule has 1 saturated heterocycles. The van der Waals surface area contributed by atoms with Gasteiger partial charge in [-0.3, -0.25) is 14.4 Å². The van der Waals surface area contributed by atoms with Crippen molar-refractivity contribution in [2.45, 2.75) is 112 Å². The Kier molecular flexibility index (Phi) is 5.55. The molecule has 0 spiro atoms. The number of carbonyl (C=O) groups is 3. The van der Waals surface area contributed by atoms with Crippen molar-refractivity contribution in [3.8, 4) is 0 Å². The monoisotopic (exact) mass is 498 g/mol. The van der Waals surface area contributed by atoms with Crippen LogP contribution in [-0.4, -0.2) is 30.4 Å². The number of hydrogen-bond acceptors (Lipinski definition) is 5. The van der Waals surface area contributed by atoms with Gasteiger partial charge in [0.2, 0.25) is 0 Å². The minimum absolute atomic E-state index is 0.105. The normalized spacial score (nSPS) is 49.8. The minimum Gasteiger partial charge on any atom is -0.469 e. The number of allylic oxidation sites excluding steroid dienone is 2. The molecule has 0 amide bonds. The van der Waals surface area contributed by atoms with E-state index in [1.54, 1.807) is 0 Å². The summed E-state index contributed by atoms with van der Waals surface area (Å²) in [6.45, 7) is 15.6. The first-order chi connectivity index (χ1) is 16.6. The van der Waals surface area contributed by atoms with Crippen LogP contribution in [0, 0.1) is 44.8 Å². The summed E-state index contributed by atoms with van der Waals surface area (Å²) >= 11 is 0. The van der Waals surface area contributed by atoms with E-state index >= 15 is 0 Å².